The van der Waals surface area contributed by atoms with E-state index in [9.17, 15) is 23.8 Å². The summed E-state index contributed by atoms with van der Waals surface area (Å²) in [5.41, 5.74) is -0.549. The van der Waals surface area contributed by atoms with Gasteiger partial charge in [-0.2, -0.15) is 0 Å². The molecule has 146 valence electrons. The zero-order valence-electron chi connectivity index (χ0n) is 15.7. The van der Waals surface area contributed by atoms with Crippen molar-refractivity contribution in [1.82, 2.24) is 0 Å². The summed E-state index contributed by atoms with van der Waals surface area (Å²) in [4.78, 5) is 29.5. The third-order valence-electron chi connectivity index (χ3n) is 4.74. The van der Waals surface area contributed by atoms with Crippen LogP contribution in [0.2, 0.25) is 0 Å². The predicted molar refractivity (Wildman–Crippen MR) is 102 cm³/mol. The van der Waals surface area contributed by atoms with Crippen LogP contribution < -0.4 is 0 Å². The Bertz CT molecular complexity index is 408. The summed E-state index contributed by atoms with van der Waals surface area (Å²) in [6.45, 7) is 5.84. The molecule has 0 saturated heterocycles. The molecule has 0 rings (SSSR count). The first-order valence-electron chi connectivity index (χ1n) is 9.55. The highest BCUT2D eigenvalue weighted by Crippen LogP contribution is 2.67. The topological polar surface area (TPSA) is 94.8 Å². The van der Waals surface area contributed by atoms with Gasteiger partial charge in [0.05, 0.1) is 0 Å². The summed E-state index contributed by atoms with van der Waals surface area (Å²) in [6, 6.07) is 0. The number of unbranched alkanes of at least 4 members (excludes halogenated alkanes) is 8. The number of rotatable bonds is 15. The molecule has 0 heterocycles. The Labute approximate surface area is 148 Å². The summed E-state index contributed by atoms with van der Waals surface area (Å²) in [5, 5.41) is -1.39. The van der Waals surface area contributed by atoms with Gasteiger partial charge >= 0.3 is 7.60 Å². The third-order valence-corrected chi connectivity index (χ3v) is 10.3. The van der Waals surface area contributed by atoms with Crippen LogP contribution in [-0.2, 0) is 9.13 Å². The van der Waals surface area contributed by atoms with Crippen molar-refractivity contribution in [1.29, 1.82) is 0 Å². The van der Waals surface area contributed by atoms with Gasteiger partial charge in [-0.25, -0.2) is 0 Å². The lowest BCUT2D eigenvalue weighted by Gasteiger charge is -2.28. The zero-order valence-corrected chi connectivity index (χ0v) is 17.5. The van der Waals surface area contributed by atoms with E-state index in [1.165, 1.54) is 25.7 Å². The summed E-state index contributed by atoms with van der Waals surface area (Å²) in [7, 11) is -8.45. The van der Waals surface area contributed by atoms with E-state index in [1.54, 1.807) is 6.92 Å². The summed E-state index contributed by atoms with van der Waals surface area (Å²) in [6.07, 6.45) is 10.9. The van der Waals surface area contributed by atoms with E-state index in [2.05, 4.69) is 6.92 Å². The maximum atomic E-state index is 12.7. The van der Waals surface area contributed by atoms with Crippen LogP contribution in [0.5, 0.6) is 0 Å². The predicted octanol–water partition coefficient (Wildman–Crippen LogP) is 5.87. The molecule has 0 radical (unpaired) electrons. The first-order chi connectivity index (χ1) is 11.2. The number of hydrogen-bond donors (Lipinski definition) is 3. The quantitative estimate of drug-likeness (QED) is 0.242. The monoisotopic (exact) mass is 384 g/mol. The highest BCUT2D eigenvalue weighted by atomic mass is 31.2. The molecule has 0 aliphatic carbocycles. The van der Waals surface area contributed by atoms with Crippen molar-refractivity contribution in [2.24, 2.45) is 0 Å². The van der Waals surface area contributed by atoms with Crippen molar-refractivity contribution < 1.29 is 23.8 Å². The molecule has 3 atom stereocenters. The second kappa shape index (κ2) is 12.7. The Balaban J connectivity index is 4.45. The largest absolute Gasteiger partial charge is 0.343 e. The van der Waals surface area contributed by atoms with E-state index in [-0.39, 0.29) is 6.42 Å². The van der Waals surface area contributed by atoms with Crippen LogP contribution in [0.4, 0.5) is 0 Å². The van der Waals surface area contributed by atoms with Gasteiger partial charge in [0.2, 0.25) is 7.37 Å². The minimum Gasteiger partial charge on any atom is -0.343 e. The molecule has 0 fully saturated rings. The van der Waals surface area contributed by atoms with Crippen LogP contribution in [0.3, 0.4) is 0 Å². The molecule has 0 aromatic rings. The highest BCUT2D eigenvalue weighted by molar-refractivity contribution is 7.74. The molecule has 0 spiro atoms. The molecule has 0 aliphatic rings. The third kappa shape index (κ3) is 9.73. The average Bonchev–Trinajstić information content (AvgIpc) is 2.48. The molecular formula is C17H38O5P2. The van der Waals surface area contributed by atoms with Crippen molar-refractivity contribution in [3.05, 3.63) is 0 Å². The van der Waals surface area contributed by atoms with Crippen molar-refractivity contribution in [2.45, 2.75) is 109 Å². The van der Waals surface area contributed by atoms with Crippen LogP contribution in [0.25, 0.3) is 0 Å². The van der Waals surface area contributed by atoms with E-state index >= 15 is 0 Å². The molecule has 3 unspecified atom stereocenters. The highest BCUT2D eigenvalue weighted by Gasteiger charge is 2.46. The molecule has 0 aliphatic heterocycles. The molecule has 0 saturated carbocycles. The molecular weight excluding hydrogens is 346 g/mol. The first kappa shape index (κ1) is 24.3. The molecule has 0 aromatic heterocycles. The molecule has 3 N–H and O–H groups in total. The standard InChI is InChI=1S/C17H38O5P2/c1-4-6-8-9-10-11-13-14-16(3)23(18,19)17(24(20,21)22)15-12-7-5-2/h16-17H,4-15H2,1-3H3,(H,18,19)(H2,20,21,22). The van der Waals surface area contributed by atoms with Crippen LogP contribution in [0.1, 0.15) is 97.8 Å². The van der Waals surface area contributed by atoms with Gasteiger partial charge in [0.25, 0.3) is 0 Å². The molecule has 5 nitrogen and oxygen atoms in total. The van der Waals surface area contributed by atoms with Crippen LogP contribution in [-0.4, -0.2) is 25.7 Å². The van der Waals surface area contributed by atoms with Crippen LogP contribution in [0, 0.1) is 0 Å². The van der Waals surface area contributed by atoms with Crippen LogP contribution in [0.15, 0.2) is 0 Å². The fourth-order valence-corrected chi connectivity index (χ4v) is 7.64. The fourth-order valence-electron chi connectivity index (χ4n) is 3.02. The zero-order chi connectivity index (χ0) is 18.6. The van der Waals surface area contributed by atoms with E-state index in [0.717, 1.165) is 32.1 Å². The van der Waals surface area contributed by atoms with Gasteiger partial charge < -0.3 is 14.7 Å². The second-order valence-electron chi connectivity index (χ2n) is 7.00. The SMILES string of the molecule is CCCCCCCCCC(C)P(=O)(O)C(CCCCC)P(=O)(O)O. The van der Waals surface area contributed by atoms with Crippen molar-refractivity contribution in [3.63, 3.8) is 0 Å². The lowest BCUT2D eigenvalue weighted by Crippen LogP contribution is -2.17. The Kier molecular flexibility index (Phi) is 12.8. The minimum absolute atomic E-state index is 0.132. The maximum Gasteiger partial charge on any atom is 0.338 e. The summed E-state index contributed by atoms with van der Waals surface area (Å²) >= 11 is 0. The first-order valence-corrected chi connectivity index (χ1v) is 13.0. The van der Waals surface area contributed by atoms with Gasteiger partial charge in [0.1, 0.15) is 5.40 Å². The van der Waals surface area contributed by atoms with Gasteiger partial charge in [-0.3, -0.25) is 9.13 Å². The van der Waals surface area contributed by atoms with E-state index < -0.39 is 26.0 Å². The van der Waals surface area contributed by atoms with Crippen molar-refractivity contribution in [2.75, 3.05) is 0 Å². The van der Waals surface area contributed by atoms with E-state index in [0.29, 0.717) is 12.8 Å². The lowest BCUT2D eigenvalue weighted by atomic mass is 10.1. The second-order valence-corrected chi connectivity index (χ2v) is 12.1. The van der Waals surface area contributed by atoms with E-state index in [1.807, 2.05) is 6.92 Å². The van der Waals surface area contributed by atoms with Crippen molar-refractivity contribution >= 4 is 15.0 Å². The van der Waals surface area contributed by atoms with Gasteiger partial charge in [-0.1, -0.05) is 85.0 Å². The molecule has 0 bridgehead atoms. The summed E-state index contributed by atoms with van der Waals surface area (Å²) in [5.74, 6) is 0. The molecule has 24 heavy (non-hydrogen) atoms. The Morgan fingerprint density at radius 1 is 0.708 bits per heavy atom. The molecule has 0 amide bonds. The minimum atomic E-state index is -4.56. The van der Waals surface area contributed by atoms with Gasteiger partial charge in [-0.05, 0) is 12.8 Å². The molecule has 7 heteroatoms. The molecule has 0 aromatic carbocycles. The fraction of sp³-hybridized carbons (Fsp3) is 1.00. The van der Waals surface area contributed by atoms with E-state index in [4.69, 9.17) is 0 Å². The van der Waals surface area contributed by atoms with Crippen LogP contribution >= 0.6 is 15.0 Å². The summed E-state index contributed by atoms with van der Waals surface area (Å²) < 4.78 is 24.4. The average molecular weight is 384 g/mol. The van der Waals surface area contributed by atoms with Gasteiger partial charge in [0.15, 0.2) is 0 Å². The smallest absolute Gasteiger partial charge is 0.338 e. The Hall–Kier alpha value is 0.340. The maximum absolute atomic E-state index is 12.7. The number of hydrogen-bond acceptors (Lipinski definition) is 2. The van der Waals surface area contributed by atoms with Gasteiger partial charge in [-0.15, -0.1) is 0 Å². The van der Waals surface area contributed by atoms with Gasteiger partial charge in [0, 0.05) is 5.66 Å². The normalized spacial score (nSPS) is 17.4. The van der Waals surface area contributed by atoms with Crippen molar-refractivity contribution in [3.8, 4) is 0 Å². The Morgan fingerprint density at radius 2 is 1.12 bits per heavy atom. The lowest BCUT2D eigenvalue weighted by molar-refractivity contribution is 0.357. The Morgan fingerprint density at radius 3 is 1.62 bits per heavy atom.